The fraction of sp³-hybridized carbons (Fsp3) is 0.125. The first-order chi connectivity index (χ1) is 16.5. The zero-order chi connectivity index (χ0) is 24.1. The monoisotopic (exact) mass is 459 g/mol. The summed E-state index contributed by atoms with van der Waals surface area (Å²) in [5, 5.41) is 18.8. The Balaban J connectivity index is 1.73. The largest absolute Gasteiger partial charge is 0.497 e. The number of benzene rings is 2. The van der Waals surface area contributed by atoms with Crippen molar-refractivity contribution in [1.29, 1.82) is 0 Å². The van der Waals surface area contributed by atoms with E-state index in [9.17, 15) is 14.9 Å². The van der Waals surface area contributed by atoms with Crippen molar-refractivity contribution in [3.05, 3.63) is 100.0 Å². The Morgan fingerprint density at radius 2 is 1.88 bits per heavy atom. The quantitative estimate of drug-likeness (QED) is 0.309. The Bertz CT molecular complexity index is 1320. The van der Waals surface area contributed by atoms with Gasteiger partial charge in [-0.25, -0.2) is 0 Å². The van der Waals surface area contributed by atoms with E-state index < -0.39 is 10.8 Å². The highest BCUT2D eigenvalue weighted by Crippen LogP contribution is 2.35. The molecule has 0 atom stereocenters. The second-order valence-electron chi connectivity index (χ2n) is 7.26. The molecule has 0 fully saturated rings. The fourth-order valence-corrected chi connectivity index (χ4v) is 3.28. The zero-order valence-corrected chi connectivity index (χ0v) is 18.5. The molecule has 34 heavy (non-hydrogen) atoms. The van der Waals surface area contributed by atoms with Gasteiger partial charge in [0, 0.05) is 30.6 Å². The summed E-state index contributed by atoms with van der Waals surface area (Å²) >= 11 is 0. The van der Waals surface area contributed by atoms with Gasteiger partial charge in [0.15, 0.2) is 5.69 Å². The molecule has 0 bridgehead atoms. The van der Waals surface area contributed by atoms with Crippen LogP contribution in [0.4, 0.5) is 5.69 Å². The predicted octanol–water partition coefficient (Wildman–Crippen LogP) is 4.21. The lowest BCUT2D eigenvalue weighted by molar-refractivity contribution is -0.385. The average molecular weight is 459 g/mol. The van der Waals surface area contributed by atoms with Crippen molar-refractivity contribution in [2.75, 3.05) is 7.11 Å². The summed E-state index contributed by atoms with van der Waals surface area (Å²) in [7, 11) is 1.56. The van der Waals surface area contributed by atoms with Crippen LogP contribution in [-0.4, -0.2) is 32.7 Å². The molecule has 4 rings (SSSR count). The SMILES string of the molecule is COc1ccc(-n2nc(C(=O)NCc3cccnc3)c(C)c2Oc2ccccc2[N+](=O)[O-])cc1. The maximum Gasteiger partial charge on any atom is 0.311 e. The summed E-state index contributed by atoms with van der Waals surface area (Å²) < 4.78 is 12.6. The Morgan fingerprint density at radius 1 is 1.12 bits per heavy atom. The van der Waals surface area contributed by atoms with Crippen LogP contribution in [0.2, 0.25) is 0 Å². The van der Waals surface area contributed by atoms with E-state index >= 15 is 0 Å². The number of carbonyl (C=O) groups excluding carboxylic acids is 1. The van der Waals surface area contributed by atoms with E-state index in [1.165, 1.54) is 16.8 Å². The van der Waals surface area contributed by atoms with Crippen LogP contribution in [0.3, 0.4) is 0 Å². The molecule has 0 spiro atoms. The standard InChI is InChI=1S/C24H21N5O5/c1-16-22(23(30)26-15-17-6-5-13-25-14-17)27-28(18-9-11-19(33-2)12-10-18)24(16)34-21-8-4-3-7-20(21)29(31)32/h3-14H,15H2,1-2H3,(H,26,30). The van der Waals surface area contributed by atoms with Gasteiger partial charge >= 0.3 is 5.69 Å². The van der Waals surface area contributed by atoms with E-state index in [2.05, 4.69) is 15.4 Å². The minimum absolute atomic E-state index is 0.0348. The molecule has 10 heteroatoms. The fourth-order valence-electron chi connectivity index (χ4n) is 3.28. The molecule has 0 saturated heterocycles. The Kier molecular flexibility index (Phi) is 6.49. The second kappa shape index (κ2) is 9.82. The summed E-state index contributed by atoms with van der Waals surface area (Å²) in [6.45, 7) is 1.94. The van der Waals surface area contributed by atoms with Crippen LogP contribution in [-0.2, 0) is 6.54 Å². The van der Waals surface area contributed by atoms with Gasteiger partial charge in [-0.15, -0.1) is 0 Å². The van der Waals surface area contributed by atoms with Crippen molar-refractivity contribution in [1.82, 2.24) is 20.1 Å². The maximum atomic E-state index is 13.0. The summed E-state index contributed by atoms with van der Waals surface area (Å²) in [6, 6.07) is 16.6. The van der Waals surface area contributed by atoms with Crippen molar-refractivity contribution >= 4 is 11.6 Å². The van der Waals surface area contributed by atoms with Crippen LogP contribution in [0.5, 0.6) is 17.4 Å². The number of amides is 1. The second-order valence-corrected chi connectivity index (χ2v) is 7.26. The van der Waals surface area contributed by atoms with Crippen molar-refractivity contribution in [3.63, 3.8) is 0 Å². The van der Waals surface area contributed by atoms with E-state index in [1.807, 2.05) is 6.07 Å². The molecule has 0 unspecified atom stereocenters. The maximum absolute atomic E-state index is 13.0. The molecule has 2 aromatic heterocycles. The molecule has 2 aromatic carbocycles. The van der Waals surface area contributed by atoms with E-state index in [0.29, 0.717) is 17.0 Å². The summed E-state index contributed by atoms with van der Waals surface area (Å²) in [5.41, 5.74) is 1.78. The van der Waals surface area contributed by atoms with Gasteiger partial charge < -0.3 is 14.8 Å². The number of pyridine rings is 1. The lowest BCUT2D eigenvalue weighted by Crippen LogP contribution is -2.24. The van der Waals surface area contributed by atoms with Gasteiger partial charge in [0.05, 0.1) is 17.7 Å². The first-order valence-electron chi connectivity index (χ1n) is 10.3. The number of hydrogen-bond donors (Lipinski definition) is 1. The van der Waals surface area contributed by atoms with Crippen LogP contribution in [0.15, 0.2) is 73.1 Å². The topological polar surface area (TPSA) is 121 Å². The first-order valence-corrected chi connectivity index (χ1v) is 10.3. The molecule has 0 aliphatic heterocycles. The molecule has 1 N–H and O–H groups in total. The number of ether oxygens (including phenoxy) is 2. The van der Waals surface area contributed by atoms with E-state index in [4.69, 9.17) is 9.47 Å². The Labute approximate surface area is 194 Å². The molecular formula is C24H21N5O5. The third kappa shape index (κ3) is 4.70. The molecule has 2 heterocycles. The Morgan fingerprint density at radius 3 is 2.56 bits per heavy atom. The molecule has 4 aromatic rings. The number of para-hydroxylation sites is 2. The number of rotatable bonds is 8. The molecule has 1 amide bonds. The molecule has 172 valence electrons. The normalized spacial score (nSPS) is 10.5. The average Bonchev–Trinajstić information content (AvgIpc) is 3.19. The van der Waals surface area contributed by atoms with E-state index in [-0.39, 0.29) is 29.6 Å². The highest BCUT2D eigenvalue weighted by Gasteiger charge is 2.25. The third-order valence-electron chi connectivity index (χ3n) is 5.04. The van der Waals surface area contributed by atoms with Crippen molar-refractivity contribution in [3.8, 4) is 23.1 Å². The summed E-state index contributed by atoms with van der Waals surface area (Å²) in [4.78, 5) is 28.0. The van der Waals surface area contributed by atoms with Gasteiger partial charge in [-0.2, -0.15) is 9.78 Å². The number of carbonyl (C=O) groups is 1. The van der Waals surface area contributed by atoms with Crippen molar-refractivity contribution < 1.29 is 19.2 Å². The molecule has 0 radical (unpaired) electrons. The Hall–Kier alpha value is -4.73. The number of methoxy groups -OCH3 is 1. The van der Waals surface area contributed by atoms with Crippen LogP contribution in [0.1, 0.15) is 21.6 Å². The number of aromatic nitrogens is 3. The third-order valence-corrected chi connectivity index (χ3v) is 5.04. The van der Waals surface area contributed by atoms with Gasteiger partial charge in [0.25, 0.3) is 5.91 Å². The van der Waals surface area contributed by atoms with Gasteiger partial charge in [0.1, 0.15) is 5.75 Å². The minimum atomic E-state index is -0.528. The first kappa shape index (κ1) is 22.5. The van der Waals surface area contributed by atoms with Crippen LogP contribution in [0.25, 0.3) is 5.69 Å². The lowest BCUT2D eigenvalue weighted by Gasteiger charge is -2.10. The highest BCUT2D eigenvalue weighted by molar-refractivity contribution is 5.94. The lowest BCUT2D eigenvalue weighted by atomic mass is 10.2. The van der Waals surface area contributed by atoms with Gasteiger partial charge in [-0.1, -0.05) is 18.2 Å². The minimum Gasteiger partial charge on any atom is -0.497 e. The summed E-state index contributed by atoms with van der Waals surface area (Å²) in [5.74, 6) is 0.447. The van der Waals surface area contributed by atoms with Gasteiger partial charge in [-0.3, -0.25) is 19.9 Å². The molecule has 0 aliphatic carbocycles. The van der Waals surface area contributed by atoms with Crippen molar-refractivity contribution in [2.24, 2.45) is 0 Å². The van der Waals surface area contributed by atoms with E-state index in [1.54, 1.807) is 68.9 Å². The van der Waals surface area contributed by atoms with Gasteiger partial charge in [-0.05, 0) is 48.9 Å². The number of hydrogen-bond acceptors (Lipinski definition) is 7. The molecule has 0 saturated carbocycles. The number of nitro groups is 1. The number of nitro benzene ring substituents is 1. The van der Waals surface area contributed by atoms with E-state index in [0.717, 1.165) is 5.56 Å². The van der Waals surface area contributed by atoms with Crippen LogP contribution in [0, 0.1) is 17.0 Å². The molecular weight excluding hydrogens is 438 g/mol. The zero-order valence-electron chi connectivity index (χ0n) is 18.5. The molecule has 10 nitrogen and oxygen atoms in total. The number of nitrogens with zero attached hydrogens (tertiary/aromatic N) is 4. The number of nitrogens with one attached hydrogen (secondary N) is 1. The predicted molar refractivity (Wildman–Crippen MR) is 123 cm³/mol. The van der Waals surface area contributed by atoms with Crippen LogP contribution < -0.4 is 14.8 Å². The summed E-state index contributed by atoms with van der Waals surface area (Å²) in [6.07, 6.45) is 3.31. The molecule has 0 aliphatic rings. The smallest absolute Gasteiger partial charge is 0.311 e. The van der Waals surface area contributed by atoms with Crippen molar-refractivity contribution in [2.45, 2.75) is 13.5 Å². The highest BCUT2D eigenvalue weighted by atomic mass is 16.6. The van der Waals surface area contributed by atoms with Crippen LogP contribution >= 0.6 is 0 Å². The van der Waals surface area contributed by atoms with Gasteiger partial charge in [0.2, 0.25) is 11.6 Å².